The van der Waals surface area contributed by atoms with Gasteiger partial charge in [-0.3, -0.25) is 4.57 Å². The molecule has 0 aliphatic rings. The highest BCUT2D eigenvalue weighted by molar-refractivity contribution is 7.17. The molecule has 1 aromatic carbocycles. The lowest BCUT2D eigenvalue weighted by molar-refractivity contribution is 0.525. The van der Waals surface area contributed by atoms with Crippen molar-refractivity contribution >= 4 is 8.69 Å². The van der Waals surface area contributed by atoms with E-state index in [0.29, 0.717) is 5.75 Å². The molecule has 102 valence electrons. The number of hydrogen-bond acceptors (Lipinski definition) is 2. The molecule has 0 radical (unpaired) electrons. The minimum absolute atomic E-state index is 0.711. The third-order valence-corrected chi connectivity index (χ3v) is 3.54. The molecule has 0 aliphatic heterocycles. The van der Waals surface area contributed by atoms with E-state index < -0.39 is 8.69 Å². The first-order valence-corrected chi connectivity index (χ1v) is 8.00. The lowest BCUT2D eigenvalue weighted by Gasteiger charge is -2.03. The predicted octanol–water partition coefficient (Wildman–Crippen LogP) is 5.03. The molecule has 1 unspecified atom stereocenters. The summed E-state index contributed by atoms with van der Waals surface area (Å²) in [6, 6.07) is 7.95. The van der Waals surface area contributed by atoms with Crippen molar-refractivity contribution in [3.05, 3.63) is 29.8 Å². The molecule has 3 heteroatoms. The van der Waals surface area contributed by atoms with Crippen molar-refractivity contribution in [3.63, 3.8) is 0 Å². The van der Waals surface area contributed by atoms with Gasteiger partial charge in [0.15, 0.2) is 0 Å². The van der Waals surface area contributed by atoms with Gasteiger partial charge in [0.2, 0.25) is 8.69 Å². The van der Waals surface area contributed by atoms with Crippen LogP contribution in [-0.4, -0.2) is 0 Å². The van der Waals surface area contributed by atoms with Crippen molar-refractivity contribution in [2.75, 3.05) is 0 Å². The zero-order valence-electron chi connectivity index (χ0n) is 11.4. The normalized spacial score (nSPS) is 11.2. The Kier molecular flexibility index (Phi) is 8.67. The van der Waals surface area contributed by atoms with E-state index in [4.69, 9.17) is 4.52 Å². The van der Waals surface area contributed by atoms with Crippen LogP contribution in [0.1, 0.15) is 57.4 Å². The first-order valence-electron chi connectivity index (χ1n) is 7.06. The summed E-state index contributed by atoms with van der Waals surface area (Å²) in [6.45, 7) is 2.25. The second-order valence-corrected chi connectivity index (χ2v) is 5.16. The van der Waals surface area contributed by atoms with Crippen molar-refractivity contribution in [3.8, 4) is 5.75 Å². The lowest BCUT2D eigenvalue weighted by Crippen LogP contribution is -1.86. The monoisotopic (exact) mass is 268 g/mol. The third-order valence-electron chi connectivity index (χ3n) is 3.18. The standard InChI is InChI=1S/C15H25O2P/c1-2-3-4-5-6-7-8-9-14-10-12-15(13-11-14)17-18-16/h10-13H,2-9,18H2,1H3. The van der Waals surface area contributed by atoms with Crippen LogP contribution in [0.5, 0.6) is 5.75 Å². The Morgan fingerprint density at radius 2 is 1.56 bits per heavy atom. The van der Waals surface area contributed by atoms with Gasteiger partial charge in [-0.15, -0.1) is 0 Å². The van der Waals surface area contributed by atoms with Crippen molar-refractivity contribution in [1.82, 2.24) is 0 Å². The molecular formula is C15H25O2P. The van der Waals surface area contributed by atoms with Gasteiger partial charge < -0.3 is 4.52 Å². The Morgan fingerprint density at radius 1 is 0.944 bits per heavy atom. The minimum Gasteiger partial charge on any atom is -0.447 e. The fourth-order valence-corrected chi connectivity index (χ4v) is 2.34. The maximum atomic E-state index is 10.4. The van der Waals surface area contributed by atoms with Crippen LogP contribution in [0.3, 0.4) is 0 Å². The summed E-state index contributed by atoms with van der Waals surface area (Å²) in [5.74, 6) is 0.711. The molecule has 18 heavy (non-hydrogen) atoms. The maximum Gasteiger partial charge on any atom is 0.225 e. The van der Waals surface area contributed by atoms with Crippen LogP contribution in [0.2, 0.25) is 0 Å². The number of rotatable bonds is 10. The van der Waals surface area contributed by atoms with Crippen LogP contribution in [0, 0.1) is 0 Å². The molecule has 0 saturated carbocycles. The summed E-state index contributed by atoms with van der Waals surface area (Å²) < 4.78 is 15.3. The van der Waals surface area contributed by atoms with E-state index in [2.05, 4.69) is 19.1 Å². The molecule has 0 heterocycles. The van der Waals surface area contributed by atoms with Gasteiger partial charge in [0.1, 0.15) is 5.75 Å². The van der Waals surface area contributed by atoms with E-state index in [1.54, 1.807) is 0 Å². The van der Waals surface area contributed by atoms with Gasteiger partial charge in [0.25, 0.3) is 0 Å². The van der Waals surface area contributed by atoms with E-state index in [9.17, 15) is 4.57 Å². The highest BCUT2D eigenvalue weighted by Crippen LogP contribution is 2.17. The highest BCUT2D eigenvalue weighted by Gasteiger charge is 1.96. The molecular weight excluding hydrogens is 243 g/mol. The number of unbranched alkanes of at least 4 members (excludes halogenated alkanes) is 6. The Hall–Kier alpha value is -0.750. The van der Waals surface area contributed by atoms with Gasteiger partial charge in [0.05, 0.1) is 0 Å². The van der Waals surface area contributed by atoms with E-state index in [0.717, 1.165) is 6.42 Å². The van der Waals surface area contributed by atoms with E-state index in [1.807, 2.05) is 12.1 Å². The molecule has 0 aromatic heterocycles. The summed E-state index contributed by atoms with van der Waals surface area (Å²) in [6.07, 6.45) is 10.6. The topological polar surface area (TPSA) is 26.3 Å². The second-order valence-electron chi connectivity index (χ2n) is 4.73. The molecule has 0 aliphatic carbocycles. The molecule has 0 N–H and O–H groups in total. The van der Waals surface area contributed by atoms with Gasteiger partial charge in [-0.1, -0.05) is 57.6 Å². The minimum atomic E-state index is -1.15. The molecule has 0 bridgehead atoms. The molecule has 0 saturated heterocycles. The Bertz CT molecular complexity index is 322. The van der Waals surface area contributed by atoms with Gasteiger partial charge in [-0.25, -0.2) is 0 Å². The van der Waals surface area contributed by atoms with E-state index >= 15 is 0 Å². The highest BCUT2D eigenvalue weighted by atomic mass is 31.1. The first kappa shape index (κ1) is 15.3. The van der Waals surface area contributed by atoms with Crippen LogP contribution in [0.15, 0.2) is 24.3 Å². The molecule has 0 fully saturated rings. The van der Waals surface area contributed by atoms with Crippen LogP contribution in [0.25, 0.3) is 0 Å². The fourth-order valence-electron chi connectivity index (χ4n) is 2.08. The average molecular weight is 268 g/mol. The van der Waals surface area contributed by atoms with Gasteiger partial charge in [0, 0.05) is 0 Å². The number of hydrogen-bond donors (Lipinski definition) is 0. The van der Waals surface area contributed by atoms with Crippen LogP contribution in [-0.2, 0) is 11.0 Å². The summed E-state index contributed by atoms with van der Waals surface area (Å²) >= 11 is 0. The predicted molar refractivity (Wildman–Crippen MR) is 79.2 cm³/mol. The van der Waals surface area contributed by atoms with Gasteiger partial charge >= 0.3 is 0 Å². The molecule has 2 nitrogen and oxygen atoms in total. The van der Waals surface area contributed by atoms with Gasteiger partial charge in [-0.05, 0) is 30.5 Å². The smallest absolute Gasteiger partial charge is 0.225 e. The van der Waals surface area contributed by atoms with E-state index in [1.165, 1.54) is 50.5 Å². The second kappa shape index (κ2) is 10.2. The molecule has 0 amide bonds. The molecule has 1 rings (SSSR count). The lowest BCUT2D eigenvalue weighted by atomic mass is 10.0. The maximum absolute atomic E-state index is 10.4. The molecule has 0 spiro atoms. The van der Waals surface area contributed by atoms with Crippen molar-refractivity contribution in [1.29, 1.82) is 0 Å². The average Bonchev–Trinajstić information content (AvgIpc) is 2.40. The largest absolute Gasteiger partial charge is 0.447 e. The SMILES string of the molecule is CCCCCCCCCc1ccc(O[PH2]=O)cc1. The first-order chi connectivity index (χ1) is 8.86. The molecule has 1 atom stereocenters. The Morgan fingerprint density at radius 3 is 2.17 bits per heavy atom. The summed E-state index contributed by atoms with van der Waals surface area (Å²) in [7, 11) is -1.15. The quantitative estimate of drug-likeness (QED) is 0.439. The van der Waals surface area contributed by atoms with Crippen LogP contribution in [0.4, 0.5) is 0 Å². The zero-order chi connectivity index (χ0) is 13.1. The van der Waals surface area contributed by atoms with Crippen molar-refractivity contribution < 1.29 is 9.09 Å². The van der Waals surface area contributed by atoms with Crippen LogP contribution < -0.4 is 4.52 Å². The zero-order valence-corrected chi connectivity index (χ0v) is 12.5. The van der Waals surface area contributed by atoms with Crippen molar-refractivity contribution in [2.45, 2.75) is 58.3 Å². The summed E-state index contributed by atoms with van der Waals surface area (Å²) in [4.78, 5) is 0. The summed E-state index contributed by atoms with van der Waals surface area (Å²) in [5, 5.41) is 0. The van der Waals surface area contributed by atoms with E-state index in [-0.39, 0.29) is 0 Å². The fraction of sp³-hybridized carbons (Fsp3) is 0.600. The molecule has 1 aromatic rings. The van der Waals surface area contributed by atoms with Crippen LogP contribution >= 0.6 is 8.69 Å². The Labute approximate surface area is 112 Å². The number of benzene rings is 1. The Balaban J connectivity index is 2.09. The van der Waals surface area contributed by atoms with Gasteiger partial charge in [-0.2, -0.15) is 0 Å². The third kappa shape index (κ3) is 6.86. The summed E-state index contributed by atoms with van der Waals surface area (Å²) in [5.41, 5.74) is 1.34. The van der Waals surface area contributed by atoms with Crippen molar-refractivity contribution in [2.24, 2.45) is 0 Å². The number of aryl methyl sites for hydroxylation is 1.